The zero-order valence-electron chi connectivity index (χ0n) is 10.7. The molecular formula is C13H16O5S. The molecule has 6 heteroatoms. The van der Waals surface area contributed by atoms with Gasteiger partial charge in [-0.1, -0.05) is 37.3 Å². The molecule has 2 atom stereocenters. The summed E-state index contributed by atoms with van der Waals surface area (Å²) in [4.78, 5) is 23.0. The van der Waals surface area contributed by atoms with Crippen LogP contribution in [-0.2, 0) is 14.6 Å². The van der Waals surface area contributed by atoms with E-state index in [0.29, 0.717) is 0 Å². The fraction of sp³-hybridized carbons (Fsp3) is 0.385. The molecule has 0 bridgehead atoms. The van der Waals surface area contributed by atoms with Crippen molar-refractivity contribution in [2.75, 3.05) is 0 Å². The lowest BCUT2D eigenvalue weighted by molar-refractivity contribution is -0.136. The number of rotatable bonds is 6. The van der Waals surface area contributed by atoms with Gasteiger partial charge in [0.25, 0.3) is 0 Å². The Morgan fingerprint density at radius 1 is 1.21 bits per heavy atom. The number of benzene rings is 1. The summed E-state index contributed by atoms with van der Waals surface area (Å²) in [7, 11) is -4.05. The summed E-state index contributed by atoms with van der Waals surface area (Å²) in [6, 6.07) is 7.98. The maximum atomic E-state index is 12.1. The fourth-order valence-corrected chi connectivity index (χ4v) is 3.45. The van der Waals surface area contributed by atoms with Crippen LogP contribution < -0.4 is 0 Å². The Morgan fingerprint density at radius 3 is 2.16 bits per heavy atom. The number of carbonyl (C=O) groups excluding carboxylic acids is 1. The van der Waals surface area contributed by atoms with E-state index in [4.69, 9.17) is 5.11 Å². The van der Waals surface area contributed by atoms with Crippen molar-refractivity contribution in [1.82, 2.24) is 0 Å². The summed E-state index contributed by atoms with van der Waals surface area (Å²) >= 11 is 0. The molecule has 0 fully saturated rings. The molecule has 1 N–H and O–H groups in total. The lowest BCUT2D eigenvalue weighted by Gasteiger charge is -2.17. The first-order valence-electron chi connectivity index (χ1n) is 5.87. The van der Waals surface area contributed by atoms with Crippen LogP contribution in [0.5, 0.6) is 0 Å². The summed E-state index contributed by atoms with van der Waals surface area (Å²) in [6.45, 7) is 2.70. The molecule has 19 heavy (non-hydrogen) atoms. The molecule has 0 aliphatic heterocycles. The van der Waals surface area contributed by atoms with Crippen molar-refractivity contribution in [3.63, 3.8) is 0 Å². The van der Waals surface area contributed by atoms with E-state index in [1.54, 1.807) is 18.2 Å². The van der Waals surface area contributed by atoms with Gasteiger partial charge in [-0.05, 0) is 13.3 Å². The van der Waals surface area contributed by atoms with Crippen LogP contribution in [0.3, 0.4) is 0 Å². The standard InChI is InChI=1S/C13H16O5S/c1-3-11(13(15)16)19(17,18)9(2)12(14)10-7-5-4-6-8-10/h4-9,11H,3H2,1-2H3,(H,15,16). The zero-order valence-corrected chi connectivity index (χ0v) is 11.6. The molecule has 1 aromatic rings. The smallest absolute Gasteiger partial charge is 0.321 e. The van der Waals surface area contributed by atoms with E-state index in [-0.39, 0.29) is 12.0 Å². The Bertz CT molecular complexity index is 562. The minimum Gasteiger partial charge on any atom is -0.480 e. The maximum absolute atomic E-state index is 12.1. The number of ketones is 1. The lowest BCUT2D eigenvalue weighted by atomic mass is 10.1. The van der Waals surface area contributed by atoms with Gasteiger partial charge in [-0.25, -0.2) is 8.42 Å². The number of hydrogen-bond donors (Lipinski definition) is 1. The van der Waals surface area contributed by atoms with Gasteiger partial charge < -0.3 is 5.11 Å². The number of carboxylic acids is 1. The quantitative estimate of drug-likeness (QED) is 0.800. The van der Waals surface area contributed by atoms with Crippen LogP contribution in [0.15, 0.2) is 30.3 Å². The molecular weight excluding hydrogens is 268 g/mol. The van der Waals surface area contributed by atoms with Gasteiger partial charge in [-0.2, -0.15) is 0 Å². The molecule has 1 aromatic carbocycles. The van der Waals surface area contributed by atoms with E-state index in [9.17, 15) is 18.0 Å². The number of carboxylic acid groups (broad SMARTS) is 1. The van der Waals surface area contributed by atoms with Crippen LogP contribution in [0.25, 0.3) is 0 Å². The number of sulfone groups is 1. The summed E-state index contributed by atoms with van der Waals surface area (Å²) in [5.41, 5.74) is 0.263. The Morgan fingerprint density at radius 2 is 1.74 bits per heavy atom. The molecule has 0 aliphatic carbocycles. The SMILES string of the molecule is CCC(C(=O)O)S(=O)(=O)C(C)C(=O)c1ccccc1. The molecule has 0 spiro atoms. The predicted molar refractivity (Wildman–Crippen MR) is 70.9 cm³/mol. The molecule has 0 aliphatic rings. The van der Waals surface area contributed by atoms with E-state index in [2.05, 4.69) is 0 Å². The van der Waals surface area contributed by atoms with Crippen molar-refractivity contribution in [3.8, 4) is 0 Å². The van der Waals surface area contributed by atoms with Gasteiger partial charge in [0.1, 0.15) is 5.25 Å². The highest BCUT2D eigenvalue weighted by Crippen LogP contribution is 2.17. The predicted octanol–water partition coefficient (Wildman–Crippen LogP) is 1.54. The normalized spacial score (nSPS) is 14.6. The summed E-state index contributed by atoms with van der Waals surface area (Å²) in [6.07, 6.45) is -0.0654. The Labute approximate surface area is 112 Å². The van der Waals surface area contributed by atoms with E-state index in [1.807, 2.05) is 0 Å². The van der Waals surface area contributed by atoms with E-state index in [0.717, 1.165) is 0 Å². The largest absolute Gasteiger partial charge is 0.480 e. The van der Waals surface area contributed by atoms with Gasteiger partial charge in [0.05, 0.1) is 0 Å². The topological polar surface area (TPSA) is 88.5 Å². The van der Waals surface area contributed by atoms with E-state index >= 15 is 0 Å². The molecule has 5 nitrogen and oxygen atoms in total. The van der Waals surface area contributed by atoms with Gasteiger partial charge in [0, 0.05) is 5.56 Å². The Kier molecular flexibility index (Phi) is 4.83. The molecule has 0 saturated carbocycles. The Balaban J connectivity index is 3.09. The number of aliphatic carboxylic acids is 1. The second kappa shape index (κ2) is 5.97. The molecule has 1 rings (SSSR count). The number of Topliss-reactive ketones (excluding diaryl/α,β-unsaturated/α-hetero) is 1. The molecule has 0 heterocycles. The number of carbonyl (C=O) groups is 2. The molecule has 0 aromatic heterocycles. The molecule has 2 unspecified atom stereocenters. The third kappa shape index (κ3) is 3.20. The van der Waals surface area contributed by atoms with Crippen LogP contribution in [0, 0.1) is 0 Å². The van der Waals surface area contributed by atoms with Crippen molar-refractivity contribution < 1.29 is 23.1 Å². The van der Waals surface area contributed by atoms with Crippen molar-refractivity contribution in [2.24, 2.45) is 0 Å². The summed E-state index contributed by atoms with van der Waals surface area (Å²) in [5.74, 6) is -2.00. The van der Waals surface area contributed by atoms with Gasteiger partial charge in [0.15, 0.2) is 20.9 Å². The third-order valence-electron chi connectivity index (χ3n) is 2.96. The summed E-state index contributed by atoms with van der Waals surface area (Å²) < 4.78 is 24.2. The van der Waals surface area contributed by atoms with Crippen LogP contribution in [0.4, 0.5) is 0 Å². The van der Waals surface area contributed by atoms with E-state index in [1.165, 1.54) is 26.0 Å². The highest BCUT2D eigenvalue weighted by molar-refractivity contribution is 7.94. The van der Waals surface area contributed by atoms with Crippen molar-refractivity contribution in [3.05, 3.63) is 35.9 Å². The molecule has 0 amide bonds. The van der Waals surface area contributed by atoms with Crippen molar-refractivity contribution in [2.45, 2.75) is 30.8 Å². The van der Waals surface area contributed by atoms with E-state index < -0.39 is 32.1 Å². The van der Waals surface area contributed by atoms with Gasteiger partial charge in [-0.15, -0.1) is 0 Å². The second-order valence-electron chi connectivity index (χ2n) is 4.20. The maximum Gasteiger partial charge on any atom is 0.321 e. The van der Waals surface area contributed by atoms with Crippen LogP contribution in [0.1, 0.15) is 30.6 Å². The van der Waals surface area contributed by atoms with Gasteiger partial charge in [-0.3, -0.25) is 9.59 Å². The number of hydrogen-bond acceptors (Lipinski definition) is 4. The van der Waals surface area contributed by atoms with Crippen molar-refractivity contribution >= 4 is 21.6 Å². The zero-order chi connectivity index (χ0) is 14.6. The highest BCUT2D eigenvalue weighted by atomic mass is 32.2. The minimum absolute atomic E-state index is 0.0654. The molecule has 0 saturated heterocycles. The lowest BCUT2D eigenvalue weighted by Crippen LogP contribution is -2.39. The van der Waals surface area contributed by atoms with Crippen molar-refractivity contribution in [1.29, 1.82) is 0 Å². The molecule has 104 valence electrons. The van der Waals surface area contributed by atoms with Crippen LogP contribution in [-0.4, -0.2) is 35.8 Å². The van der Waals surface area contributed by atoms with Crippen LogP contribution >= 0.6 is 0 Å². The highest BCUT2D eigenvalue weighted by Gasteiger charge is 2.39. The average molecular weight is 284 g/mol. The average Bonchev–Trinajstić information content (AvgIpc) is 2.38. The fourth-order valence-electron chi connectivity index (χ4n) is 1.78. The Hall–Kier alpha value is -1.69. The van der Waals surface area contributed by atoms with Crippen LogP contribution in [0.2, 0.25) is 0 Å². The second-order valence-corrected chi connectivity index (χ2v) is 6.65. The molecule has 0 radical (unpaired) electrons. The third-order valence-corrected chi connectivity index (χ3v) is 5.49. The first-order valence-corrected chi connectivity index (χ1v) is 7.48. The van der Waals surface area contributed by atoms with Gasteiger partial charge in [0.2, 0.25) is 0 Å². The summed E-state index contributed by atoms with van der Waals surface area (Å²) in [5, 5.41) is 6.01. The monoisotopic (exact) mass is 284 g/mol. The van der Waals surface area contributed by atoms with Gasteiger partial charge >= 0.3 is 5.97 Å². The first-order chi connectivity index (χ1) is 8.82. The minimum atomic E-state index is -4.05. The first kappa shape index (κ1) is 15.4.